The van der Waals surface area contributed by atoms with Crippen LogP contribution in [0.25, 0.3) is 87.8 Å². The molecule has 5 heterocycles. The molecule has 1 aliphatic rings. The van der Waals surface area contributed by atoms with Gasteiger partial charge in [-0.05, 0) is 90.7 Å². The number of anilines is 4. The number of ether oxygens (including phenoxy) is 1. The molecule has 0 N–H and O–H groups in total. The van der Waals surface area contributed by atoms with Crippen LogP contribution in [0.5, 0.6) is 11.5 Å². The van der Waals surface area contributed by atoms with Gasteiger partial charge in [-0.1, -0.05) is 140 Å². The molecule has 0 atom stereocenters. The van der Waals surface area contributed by atoms with E-state index in [1.807, 2.05) is 12.3 Å². The van der Waals surface area contributed by atoms with Crippen LogP contribution >= 0.6 is 0 Å². The summed E-state index contributed by atoms with van der Waals surface area (Å²) in [6.07, 6.45) is 1.91. The Balaban J connectivity index is 0.917. The van der Waals surface area contributed by atoms with Gasteiger partial charge in [-0.2, -0.15) is 0 Å². The maximum Gasteiger partial charge on any atom is 0.162 e. The average molecular weight is 874 g/mol. The third kappa shape index (κ3) is 5.67. The number of nitrogens with zero attached hydrogens (tertiary/aromatic N) is 5. The predicted octanol–water partition coefficient (Wildman–Crippen LogP) is 16.3. The molecular formula is C62H43N5O. The molecule has 0 saturated heterocycles. The quantitative estimate of drug-likeness (QED) is 0.167. The monoisotopic (exact) mass is 873 g/mol. The number of benzene rings is 9. The van der Waals surface area contributed by atoms with Gasteiger partial charge in [0.1, 0.15) is 18.2 Å². The van der Waals surface area contributed by atoms with Crippen molar-refractivity contribution in [2.24, 2.45) is 0 Å². The zero-order valence-electron chi connectivity index (χ0n) is 37.6. The number of hydrogen-bond donors (Lipinski definition) is 0. The Hall–Kier alpha value is -8.87. The van der Waals surface area contributed by atoms with Crippen molar-refractivity contribution in [3.63, 3.8) is 0 Å². The second-order valence-electron chi connectivity index (χ2n) is 18.1. The Morgan fingerprint density at radius 2 is 0.956 bits per heavy atom. The van der Waals surface area contributed by atoms with Crippen molar-refractivity contribution in [3.8, 4) is 33.8 Å². The van der Waals surface area contributed by atoms with Crippen LogP contribution in [0.1, 0.15) is 11.1 Å². The number of aromatic nitrogens is 3. The number of fused-ring (bicyclic) bond motifs is 11. The third-order valence-electron chi connectivity index (χ3n) is 14.3. The predicted molar refractivity (Wildman–Crippen MR) is 283 cm³/mol. The normalized spacial score (nSPS) is 12.7. The molecule has 6 heteroatoms. The first-order valence-electron chi connectivity index (χ1n) is 23.3. The summed E-state index contributed by atoms with van der Waals surface area (Å²) in [7, 11) is 0. The van der Waals surface area contributed by atoms with Crippen LogP contribution in [0.2, 0.25) is 0 Å². The Labute approximate surface area is 392 Å². The number of hydrogen-bond acceptors (Lipinski definition) is 4. The summed E-state index contributed by atoms with van der Waals surface area (Å²) in [5, 5.41) is 7.15. The zero-order valence-corrected chi connectivity index (χ0v) is 37.6. The molecule has 13 aromatic rings. The van der Waals surface area contributed by atoms with Crippen molar-refractivity contribution in [1.29, 1.82) is 0 Å². The number of pyridine rings is 1. The number of aryl methyl sites for hydroxylation is 2. The minimum Gasteiger partial charge on any atom is -0.457 e. The van der Waals surface area contributed by atoms with Crippen molar-refractivity contribution in [2.75, 3.05) is 16.5 Å². The molecule has 14 rings (SSSR count). The molecule has 0 radical (unpaired) electrons. The summed E-state index contributed by atoms with van der Waals surface area (Å²) in [5.74, 6) is 1.52. The van der Waals surface area contributed by atoms with Gasteiger partial charge in [0.15, 0.2) is 5.65 Å². The van der Waals surface area contributed by atoms with Crippen LogP contribution in [0.4, 0.5) is 22.7 Å². The number of para-hydroxylation sites is 4. The van der Waals surface area contributed by atoms with E-state index < -0.39 is 0 Å². The van der Waals surface area contributed by atoms with Crippen molar-refractivity contribution in [2.45, 2.75) is 13.8 Å². The second-order valence-corrected chi connectivity index (χ2v) is 18.1. The lowest BCUT2D eigenvalue weighted by Gasteiger charge is -2.27. The summed E-state index contributed by atoms with van der Waals surface area (Å²) in [6.45, 7) is 5.04. The average Bonchev–Trinajstić information content (AvgIpc) is 4.04. The van der Waals surface area contributed by atoms with Gasteiger partial charge in [0.05, 0.1) is 44.6 Å². The van der Waals surface area contributed by atoms with E-state index in [0.29, 0.717) is 6.67 Å². The van der Waals surface area contributed by atoms with Crippen LogP contribution < -0.4 is 14.5 Å². The first kappa shape index (κ1) is 38.4. The highest BCUT2D eigenvalue weighted by Gasteiger charge is 2.32. The molecule has 9 aromatic carbocycles. The largest absolute Gasteiger partial charge is 0.457 e. The van der Waals surface area contributed by atoms with E-state index in [1.165, 1.54) is 77.2 Å². The molecule has 322 valence electrons. The fourth-order valence-corrected chi connectivity index (χ4v) is 11.1. The van der Waals surface area contributed by atoms with E-state index in [1.54, 1.807) is 0 Å². The van der Waals surface area contributed by atoms with Gasteiger partial charge in [-0.15, -0.1) is 0 Å². The SMILES string of the molecule is Cc1cc2c(cc1C)N(c1c(-c3ccccc3)cccc1-c1ccccc1)CN2c1cccc(Oc2ccc3c4cccc5c6cccc7c8ccccc8n(c8cccnc8n(c3c2)c45)c76)c1. The summed E-state index contributed by atoms with van der Waals surface area (Å²) in [5.41, 5.74) is 18.3. The highest BCUT2D eigenvalue weighted by Crippen LogP contribution is 2.51. The molecule has 0 bridgehead atoms. The van der Waals surface area contributed by atoms with E-state index >= 15 is 0 Å². The minimum atomic E-state index is 0.623. The first-order valence-corrected chi connectivity index (χ1v) is 23.3. The summed E-state index contributed by atoms with van der Waals surface area (Å²) < 4.78 is 11.7. The van der Waals surface area contributed by atoms with Gasteiger partial charge >= 0.3 is 0 Å². The van der Waals surface area contributed by atoms with E-state index in [-0.39, 0.29) is 0 Å². The molecule has 0 aliphatic carbocycles. The van der Waals surface area contributed by atoms with Crippen LogP contribution in [0.15, 0.2) is 212 Å². The molecule has 1 aliphatic heterocycles. The fraction of sp³-hybridized carbons (Fsp3) is 0.0484. The van der Waals surface area contributed by atoms with Crippen LogP contribution in [-0.2, 0) is 0 Å². The summed E-state index contributed by atoms with van der Waals surface area (Å²) in [6, 6.07) is 74.3. The van der Waals surface area contributed by atoms with E-state index in [0.717, 1.165) is 56.0 Å². The zero-order chi connectivity index (χ0) is 45.0. The Morgan fingerprint density at radius 3 is 1.66 bits per heavy atom. The summed E-state index contributed by atoms with van der Waals surface area (Å²) in [4.78, 5) is 10.1. The lowest BCUT2D eigenvalue weighted by atomic mass is 9.94. The highest BCUT2D eigenvalue weighted by molar-refractivity contribution is 6.25. The maximum absolute atomic E-state index is 6.94. The lowest BCUT2D eigenvalue weighted by molar-refractivity contribution is 0.483. The van der Waals surface area contributed by atoms with Gasteiger partial charge in [0.2, 0.25) is 0 Å². The topological polar surface area (TPSA) is 37.4 Å². The second kappa shape index (κ2) is 14.8. The van der Waals surface area contributed by atoms with E-state index in [2.05, 4.69) is 233 Å². The van der Waals surface area contributed by atoms with Gasteiger partial charge < -0.3 is 18.9 Å². The van der Waals surface area contributed by atoms with Crippen molar-refractivity contribution in [1.82, 2.24) is 13.8 Å². The van der Waals surface area contributed by atoms with E-state index in [9.17, 15) is 0 Å². The molecular weight excluding hydrogens is 831 g/mol. The van der Waals surface area contributed by atoms with Crippen molar-refractivity contribution >= 4 is 88.3 Å². The molecule has 4 aromatic heterocycles. The maximum atomic E-state index is 6.94. The molecule has 0 fully saturated rings. The van der Waals surface area contributed by atoms with Gasteiger partial charge in [-0.25, -0.2) is 4.98 Å². The molecule has 6 nitrogen and oxygen atoms in total. The minimum absolute atomic E-state index is 0.623. The Morgan fingerprint density at radius 1 is 0.412 bits per heavy atom. The van der Waals surface area contributed by atoms with Crippen LogP contribution in [-0.4, -0.2) is 20.5 Å². The van der Waals surface area contributed by atoms with Crippen molar-refractivity contribution < 1.29 is 4.74 Å². The fourth-order valence-electron chi connectivity index (χ4n) is 11.1. The molecule has 0 saturated carbocycles. The van der Waals surface area contributed by atoms with Gasteiger partial charge in [0, 0.05) is 67.5 Å². The molecule has 0 unspecified atom stereocenters. The third-order valence-corrected chi connectivity index (χ3v) is 14.3. The standard InChI is InChI=1S/C62H43N5O/c1-39-34-57-58(35-40(39)2)65(59-46(41-16-5-3-6-17-41)23-12-24-47(59)42-18-7-4-8-19-42)38-64(57)43-20-11-21-44(36-43)68-45-31-32-49-51-26-14-28-53-52-27-13-25-50-48-22-9-10-29-54(48)66(60(50)52)55-30-15-33-63-62(55)67(61(51)53)56(49)37-45/h3-37H,38H2,1-2H3. The van der Waals surface area contributed by atoms with Gasteiger partial charge in [0.25, 0.3) is 0 Å². The molecule has 68 heavy (non-hydrogen) atoms. The Bertz CT molecular complexity index is 4130. The van der Waals surface area contributed by atoms with Gasteiger partial charge in [-0.3, -0.25) is 4.40 Å². The first-order chi connectivity index (χ1) is 33.6. The molecule has 0 amide bonds. The molecule has 0 spiro atoms. The van der Waals surface area contributed by atoms with E-state index in [4.69, 9.17) is 9.72 Å². The number of rotatable bonds is 6. The smallest absolute Gasteiger partial charge is 0.162 e. The lowest BCUT2D eigenvalue weighted by Crippen LogP contribution is -2.25. The summed E-state index contributed by atoms with van der Waals surface area (Å²) >= 11 is 0. The highest BCUT2D eigenvalue weighted by atomic mass is 16.5. The van der Waals surface area contributed by atoms with Crippen LogP contribution in [0.3, 0.4) is 0 Å². The van der Waals surface area contributed by atoms with Crippen molar-refractivity contribution in [3.05, 3.63) is 224 Å². The van der Waals surface area contributed by atoms with Crippen LogP contribution in [0, 0.1) is 13.8 Å². The Kier molecular flexibility index (Phi) is 8.37.